The van der Waals surface area contributed by atoms with Crippen molar-refractivity contribution in [2.75, 3.05) is 0 Å². The number of hydrogen-bond donors (Lipinski definition) is 1. The molecule has 0 saturated carbocycles. The predicted molar refractivity (Wildman–Crippen MR) is 143 cm³/mol. The Morgan fingerprint density at radius 3 is 2.62 bits per heavy atom. The number of aromatic hydroxyl groups is 1. The monoisotopic (exact) mass is 505 g/mol. The van der Waals surface area contributed by atoms with Gasteiger partial charge in [0.25, 0.3) is 5.56 Å². The number of hydrogen-bond acceptors (Lipinski definition) is 7. The molecule has 0 aliphatic heterocycles. The quantitative estimate of drug-likeness (QED) is 0.204. The number of thiophene rings is 1. The maximum atomic E-state index is 13.8. The summed E-state index contributed by atoms with van der Waals surface area (Å²) < 4.78 is 1.69. The molecule has 0 spiro atoms. The molecule has 8 heteroatoms. The molecule has 1 N–H and O–H groups in total. The van der Waals surface area contributed by atoms with E-state index in [0.717, 1.165) is 49.2 Å². The van der Waals surface area contributed by atoms with E-state index in [4.69, 9.17) is 9.97 Å². The second-order valence-corrected chi connectivity index (χ2v) is 11.0. The number of thiazole rings is 1. The van der Waals surface area contributed by atoms with Crippen LogP contribution in [0.4, 0.5) is 0 Å². The van der Waals surface area contributed by atoms with Crippen LogP contribution in [0, 0.1) is 13.8 Å². The molecule has 0 bridgehead atoms. The van der Waals surface area contributed by atoms with E-state index in [-0.39, 0.29) is 11.3 Å². The molecule has 0 aliphatic carbocycles. The van der Waals surface area contributed by atoms with E-state index >= 15 is 0 Å². The second kappa shape index (κ2) is 9.37. The van der Waals surface area contributed by atoms with Gasteiger partial charge in [-0.2, -0.15) is 0 Å². The number of phenolic OH excluding ortho intramolecular Hbond substituents is 1. The minimum atomic E-state index is -0.0641. The number of rotatable bonds is 6. The van der Waals surface area contributed by atoms with Gasteiger partial charge >= 0.3 is 0 Å². The lowest BCUT2D eigenvalue weighted by molar-refractivity contribution is 0.474. The number of nitrogens with zero attached hydrogens (tertiary/aromatic N) is 3. The third-order valence-electron chi connectivity index (χ3n) is 5.69. The van der Waals surface area contributed by atoms with E-state index in [1.807, 2.05) is 32.0 Å². The summed E-state index contributed by atoms with van der Waals surface area (Å²) in [5.41, 5.74) is 4.59. The number of thioether (sulfide) groups is 1. The zero-order valence-corrected chi connectivity index (χ0v) is 21.5. The van der Waals surface area contributed by atoms with Crippen molar-refractivity contribution >= 4 is 44.7 Å². The largest absolute Gasteiger partial charge is 0.508 e. The third kappa shape index (κ3) is 4.17. The summed E-state index contributed by atoms with van der Waals surface area (Å²) in [5.74, 6) is 0.776. The van der Waals surface area contributed by atoms with Gasteiger partial charge in [-0.15, -0.1) is 22.7 Å². The highest BCUT2D eigenvalue weighted by Gasteiger charge is 2.20. The van der Waals surface area contributed by atoms with Crippen LogP contribution in [0.2, 0.25) is 0 Å². The Morgan fingerprint density at radius 2 is 1.88 bits per heavy atom. The van der Waals surface area contributed by atoms with Crippen LogP contribution in [0.5, 0.6) is 5.75 Å². The Kier molecular flexibility index (Phi) is 6.29. The molecule has 0 radical (unpaired) electrons. The molecule has 0 saturated heterocycles. The van der Waals surface area contributed by atoms with Gasteiger partial charge in [-0.3, -0.25) is 9.36 Å². The van der Waals surface area contributed by atoms with Gasteiger partial charge in [0.2, 0.25) is 0 Å². The summed E-state index contributed by atoms with van der Waals surface area (Å²) in [5, 5.41) is 14.3. The standard InChI is InChI=1S/C26H23N3O2S3/c1-4-20-16(3)34-24-22(20)25(31)29(21-11-10-19(30)12-15(21)2)26(28-24)33-14-18-13-32-23(27-18)17-8-6-5-7-9-17/h5-13,30H,4,14H2,1-3H3. The van der Waals surface area contributed by atoms with Crippen LogP contribution in [0.25, 0.3) is 26.5 Å². The molecular weight excluding hydrogens is 483 g/mol. The minimum absolute atomic E-state index is 0.0641. The molecule has 0 atom stereocenters. The first-order valence-corrected chi connectivity index (χ1v) is 13.6. The van der Waals surface area contributed by atoms with E-state index in [1.54, 1.807) is 45.4 Å². The molecule has 3 aromatic heterocycles. The lowest BCUT2D eigenvalue weighted by Crippen LogP contribution is -2.22. The number of aromatic nitrogens is 3. The number of benzene rings is 2. The zero-order chi connectivity index (χ0) is 23.8. The zero-order valence-electron chi connectivity index (χ0n) is 19.0. The average Bonchev–Trinajstić information content (AvgIpc) is 3.43. The highest BCUT2D eigenvalue weighted by Crippen LogP contribution is 2.33. The fraction of sp³-hybridized carbons (Fsp3) is 0.192. The van der Waals surface area contributed by atoms with E-state index in [0.29, 0.717) is 16.3 Å². The molecular formula is C26H23N3O2S3. The van der Waals surface area contributed by atoms with Gasteiger partial charge < -0.3 is 5.11 Å². The summed E-state index contributed by atoms with van der Waals surface area (Å²) >= 11 is 4.70. The maximum absolute atomic E-state index is 13.8. The van der Waals surface area contributed by atoms with Gasteiger partial charge in [-0.05, 0) is 49.6 Å². The van der Waals surface area contributed by atoms with Crippen LogP contribution in [-0.2, 0) is 12.2 Å². The first kappa shape index (κ1) is 22.8. The van der Waals surface area contributed by atoms with Crippen molar-refractivity contribution in [3.05, 3.63) is 86.0 Å². The van der Waals surface area contributed by atoms with Crippen LogP contribution in [0.1, 0.15) is 28.6 Å². The highest BCUT2D eigenvalue weighted by atomic mass is 32.2. The SMILES string of the molecule is CCc1c(C)sc2nc(SCc3csc(-c4ccccc4)n3)n(-c3ccc(O)cc3C)c(=O)c12. The molecule has 5 aromatic rings. The molecule has 0 fully saturated rings. The van der Waals surface area contributed by atoms with Gasteiger partial charge in [0.1, 0.15) is 15.6 Å². The lowest BCUT2D eigenvalue weighted by Gasteiger charge is -2.14. The Morgan fingerprint density at radius 1 is 1.09 bits per heavy atom. The topological polar surface area (TPSA) is 68.0 Å². The van der Waals surface area contributed by atoms with Crippen LogP contribution in [0.3, 0.4) is 0 Å². The summed E-state index contributed by atoms with van der Waals surface area (Å²) in [7, 11) is 0. The maximum Gasteiger partial charge on any atom is 0.267 e. The average molecular weight is 506 g/mol. The lowest BCUT2D eigenvalue weighted by atomic mass is 10.1. The summed E-state index contributed by atoms with van der Waals surface area (Å²) in [6.07, 6.45) is 0.783. The third-order valence-corrected chi connectivity index (χ3v) is 8.65. The van der Waals surface area contributed by atoms with Crippen LogP contribution in [0.15, 0.2) is 63.9 Å². The molecule has 34 heavy (non-hydrogen) atoms. The van der Waals surface area contributed by atoms with Gasteiger partial charge in [-0.1, -0.05) is 49.0 Å². The smallest absolute Gasteiger partial charge is 0.267 e. The molecule has 5 rings (SSSR count). The normalized spacial score (nSPS) is 11.4. The van der Waals surface area contributed by atoms with Crippen LogP contribution >= 0.6 is 34.4 Å². The van der Waals surface area contributed by atoms with E-state index in [1.165, 1.54) is 11.8 Å². The fourth-order valence-electron chi connectivity index (χ4n) is 4.05. The van der Waals surface area contributed by atoms with E-state index in [2.05, 4.69) is 24.4 Å². The predicted octanol–water partition coefficient (Wildman–Crippen LogP) is 6.75. The van der Waals surface area contributed by atoms with E-state index in [9.17, 15) is 9.90 Å². The van der Waals surface area contributed by atoms with Gasteiger partial charge in [0, 0.05) is 21.6 Å². The fourth-order valence-corrected chi connectivity index (χ4v) is 7.03. The molecule has 172 valence electrons. The number of fused-ring (bicyclic) bond motifs is 1. The Bertz CT molecular complexity index is 1550. The Labute approximate surface area is 209 Å². The number of phenols is 1. The van der Waals surface area contributed by atoms with Crippen molar-refractivity contribution in [1.82, 2.24) is 14.5 Å². The van der Waals surface area contributed by atoms with Crippen LogP contribution in [-0.4, -0.2) is 19.6 Å². The molecule has 0 unspecified atom stereocenters. The van der Waals surface area contributed by atoms with Crippen molar-refractivity contribution < 1.29 is 5.11 Å². The highest BCUT2D eigenvalue weighted by molar-refractivity contribution is 7.98. The van der Waals surface area contributed by atoms with E-state index < -0.39 is 0 Å². The van der Waals surface area contributed by atoms with Gasteiger partial charge in [0.05, 0.1) is 16.8 Å². The van der Waals surface area contributed by atoms with Crippen molar-refractivity contribution in [2.45, 2.75) is 38.1 Å². The Balaban J connectivity index is 1.59. The van der Waals surface area contributed by atoms with Crippen molar-refractivity contribution in [3.63, 3.8) is 0 Å². The Hall–Kier alpha value is -2.94. The summed E-state index contributed by atoms with van der Waals surface area (Å²) in [6, 6.07) is 15.2. The van der Waals surface area contributed by atoms with Crippen molar-refractivity contribution in [3.8, 4) is 22.0 Å². The molecule has 3 heterocycles. The first-order valence-electron chi connectivity index (χ1n) is 10.9. The van der Waals surface area contributed by atoms with Gasteiger partial charge in [0.15, 0.2) is 5.16 Å². The molecule has 2 aromatic carbocycles. The first-order chi connectivity index (χ1) is 16.5. The molecule has 0 aliphatic rings. The van der Waals surface area contributed by atoms with Crippen molar-refractivity contribution in [1.29, 1.82) is 0 Å². The second-order valence-electron chi connectivity index (χ2n) is 7.97. The molecule has 5 nitrogen and oxygen atoms in total. The minimum Gasteiger partial charge on any atom is -0.508 e. The van der Waals surface area contributed by atoms with Gasteiger partial charge in [-0.25, -0.2) is 9.97 Å². The number of aryl methyl sites for hydroxylation is 3. The van der Waals surface area contributed by atoms with Crippen molar-refractivity contribution in [2.24, 2.45) is 0 Å². The summed E-state index contributed by atoms with van der Waals surface area (Å²) in [4.78, 5) is 25.5. The molecule has 0 amide bonds. The summed E-state index contributed by atoms with van der Waals surface area (Å²) in [6.45, 7) is 6.01. The van der Waals surface area contributed by atoms with Crippen LogP contribution < -0.4 is 5.56 Å².